The molecule has 2 heterocycles. The van der Waals surface area contributed by atoms with E-state index in [0.29, 0.717) is 26.3 Å². The molecule has 1 N–H and O–H groups in total. The molecule has 2 fully saturated rings. The summed E-state index contributed by atoms with van der Waals surface area (Å²) in [4.78, 5) is 29.7. The van der Waals surface area contributed by atoms with E-state index in [4.69, 9.17) is 9.47 Å². The molecule has 0 aromatic carbocycles. The van der Waals surface area contributed by atoms with Crippen LogP contribution in [0.15, 0.2) is 0 Å². The molecule has 8 heteroatoms. The molecule has 2 aliphatic rings. The van der Waals surface area contributed by atoms with Gasteiger partial charge in [-0.15, -0.1) is 0 Å². The molecule has 144 valence electrons. The summed E-state index contributed by atoms with van der Waals surface area (Å²) < 4.78 is 10.9. The molecule has 0 aromatic rings. The van der Waals surface area contributed by atoms with Gasteiger partial charge in [-0.2, -0.15) is 0 Å². The number of piperazine rings is 1. The molecule has 0 saturated carbocycles. The van der Waals surface area contributed by atoms with E-state index in [0.717, 1.165) is 19.6 Å². The molecule has 2 saturated heterocycles. The third-order valence-electron chi connectivity index (χ3n) is 4.49. The monoisotopic (exact) mass is 357 g/mol. The molecule has 8 nitrogen and oxygen atoms in total. The lowest BCUT2D eigenvalue weighted by molar-refractivity contribution is -0.140. The predicted octanol–water partition coefficient (Wildman–Crippen LogP) is 0.713. The van der Waals surface area contributed by atoms with Crippen molar-refractivity contribution in [1.29, 1.82) is 0 Å². The molecule has 2 atom stereocenters. The molecular formula is C17H31N3O5. The topological polar surface area (TPSA) is 82.6 Å². The Balaban J connectivity index is 2.06. The molecule has 2 aliphatic heterocycles. The molecule has 0 aromatic heterocycles. The van der Waals surface area contributed by atoms with Gasteiger partial charge in [-0.1, -0.05) is 0 Å². The number of ether oxygens (including phenoxy) is 2. The SMILES string of the molecule is C[C@@H]1CN(CC(=O)O)C(CN2CCOCC2)CN1C(=O)OC(C)(C)C. The standard InChI is InChI=1S/C17H31N3O5/c1-13-9-19(12-15(21)22)14(10-18-5-7-24-8-6-18)11-20(13)16(23)25-17(2,3)4/h13-14H,5-12H2,1-4H3,(H,21,22)/t13-,14?/m1/s1. The van der Waals surface area contributed by atoms with Crippen LogP contribution in [0.2, 0.25) is 0 Å². The number of hydrogen-bond acceptors (Lipinski definition) is 6. The first kappa shape index (κ1) is 19.9. The number of nitrogens with zero attached hydrogens (tertiary/aromatic N) is 3. The average Bonchev–Trinajstić information content (AvgIpc) is 2.48. The number of morpholine rings is 1. The van der Waals surface area contributed by atoms with Crippen LogP contribution >= 0.6 is 0 Å². The highest BCUT2D eigenvalue weighted by atomic mass is 16.6. The van der Waals surface area contributed by atoms with Crippen LogP contribution in [0.4, 0.5) is 4.79 Å². The highest BCUT2D eigenvalue weighted by Crippen LogP contribution is 2.20. The highest BCUT2D eigenvalue weighted by Gasteiger charge is 2.37. The van der Waals surface area contributed by atoms with Crippen molar-refractivity contribution < 1.29 is 24.2 Å². The third kappa shape index (κ3) is 6.13. The number of carboxylic acids is 1. The zero-order valence-electron chi connectivity index (χ0n) is 15.7. The fraction of sp³-hybridized carbons (Fsp3) is 0.882. The Bertz CT molecular complexity index is 473. The van der Waals surface area contributed by atoms with Crippen molar-refractivity contribution in [1.82, 2.24) is 14.7 Å². The lowest BCUT2D eigenvalue weighted by Crippen LogP contribution is -2.63. The van der Waals surface area contributed by atoms with Crippen molar-refractivity contribution in [2.24, 2.45) is 0 Å². The summed E-state index contributed by atoms with van der Waals surface area (Å²) in [5.41, 5.74) is -0.547. The van der Waals surface area contributed by atoms with Gasteiger partial charge in [0.25, 0.3) is 0 Å². The molecule has 1 unspecified atom stereocenters. The Labute approximate surface area is 149 Å². The van der Waals surface area contributed by atoms with E-state index < -0.39 is 11.6 Å². The summed E-state index contributed by atoms with van der Waals surface area (Å²) in [5, 5.41) is 9.22. The average molecular weight is 357 g/mol. The van der Waals surface area contributed by atoms with Crippen molar-refractivity contribution in [2.45, 2.75) is 45.4 Å². The van der Waals surface area contributed by atoms with Gasteiger partial charge in [0.2, 0.25) is 0 Å². The highest BCUT2D eigenvalue weighted by molar-refractivity contribution is 5.70. The summed E-state index contributed by atoms with van der Waals surface area (Å²) >= 11 is 0. The van der Waals surface area contributed by atoms with Crippen LogP contribution in [0.1, 0.15) is 27.7 Å². The van der Waals surface area contributed by atoms with Crippen molar-refractivity contribution in [2.75, 3.05) is 52.5 Å². The Morgan fingerprint density at radius 2 is 1.84 bits per heavy atom. The van der Waals surface area contributed by atoms with E-state index in [1.165, 1.54) is 0 Å². The molecule has 2 rings (SSSR count). The molecule has 0 radical (unpaired) electrons. The minimum absolute atomic E-state index is 0.0124. The predicted molar refractivity (Wildman–Crippen MR) is 92.7 cm³/mol. The maximum atomic E-state index is 12.5. The van der Waals surface area contributed by atoms with Gasteiger partial charge < -0.3 is 19.5 Å². The lowest BCUT2D eigenvalue weighted by atomic mass is 10.1. The van der Waals surface area contributed by atoms with E-state index in [2.05, 4.69) is 4.90 Å². The van der Waals surface area contributed by atoms with Gasteiger partial charge in [-0.3, -0.25) is 14.6 Å². The Morgan fingerprint density at radius 1 is 1.20 bits per heavy atom. The third-order valence-corrected chi connectivity index (χ3v) is 4.49. The van der Waals surface area contributed by atoms with E-state index in [1.807, 2.05) is 32.6 Å². The Hall–Kier alpha value is -1.38. The van der Waals surface area contributed by atoms with Gasteiger partial charge >= 0.3 is 12.1 Å². The fourth-order valence-electron chi connectivity index (χ4n) is 3.31. The first-order valence-electron chi connectivity index (χ1n) is 8.91. The zero-order valence-corrected chi connectivity index (χ0v) is 15.7. The van der Waals surface area contributed by atoms with E-state index in [9.17, 15) is 14.7 Å². The van der Waals surface area contributed by atoms with Crippen LogP contribution in [-0.2, 0) is 14.3 Å². The van der Waals surface area contributed by atoms with Crippen molar-refractivity contribution in [3.63, 3.8) is 0 Å². The number of carbonyl (C=O) groups is 2. The van der Waals surface area contributed by atoms with Crippen LogP contribution in [0, 0.1) is 0 Å². The van der Waals surface area contributed by atoms with E-state index >= 15 is 0 Å². The Morgan fingerprint density at radius 3 is 2.40 bits per heavy atom. The fourth-order valence-corrected chi connectivity index (χ4v) is 3.31. The quantitative estimate of drug-likeness (QED) is 0.793. The molecule has 25 heavy (non-hydrogen) atoms. The van der Waals surface area contributed by atoms with Gasteiger partial charge in [0.05, 0.1) is 19.8 Å². The first-order chi connectivity index (χ1) is 11.7. The number of amides is 1. The van der Waals surface area contributed by atoms with Crippen LogP contribution in [0.3, 0.4) is 0 Å². The molecule has 0 bridgehead atoms. The molecule has 0 aliphatic carbocycles. The van der Waals surface area contributed by atoms with Gasteiger partial charge in [0.15, 0.2) is 0 Å². The Kier molecular flexibility index (Phi) is 6.65. The maximum absolute atomic E-state index is 12.5. The first-order valence-corrected chi connectivity index (χ1v) is 8.91. The minimum Gasteiger partial charge on any atom is -0.480 e. The normalized spacial score (nSPS) is 26.5. The minimum atomic E-state index is -0.843. The second-order valence-corrected chi connectivity index (χ2v) is 7.87. The smallest absolute Gasteiger partial charge is 0.410 e. The van der Waals surface area contributed by atoms with Crippen LogP contribution in [-0.4, -0.2) is 102 Å². The van der Waals surface area contributed by atoms with E-state index in [-0.39, 0.29) is 24.7 Å². The second kappa shape index (κ2) is 8.33. The maximum Gasteiger partial charge on any atom is 0.410 e. The van der Waals surface area contributed by atoms with Gasteiger partial charge in [0.1, 0.15) is 5.60 Å². The lowest BCUT2D eigenvalue weighted by Gasteiger charge is -2.46. The number of carbonyl (C=O) groups excluding carboxylic acids is 1. The van der Waals surface area contributed by atoms with Gasteiger partial charge in [-0.25, -0.2) is 4.79 Å². The van der Waals surface area contributed by atoms with Crippen LogP contribution in [0.25, 0.3) is 0 Å². The summed E-state index contributed by atoms with van der Waals surface area (Å²) in [7, 11) is 0. The van der Waals surface area contributed by atoms with Crippen molar-refractivity contribution in [3.8, 4) is 0 Å². The van der Waals surface area contributed by atoms with Crippen molar-refractivity contribution in [3.05, 3.63) is 0 Å². The molecular weight excluding hydrogens is 326 g/mol. The summed E-state index contributed by atoms with van der Waals surface area (Å²) in [6, 6.07) is -0.118. The summed E-state index contributed by atoms with van der Waals surface area (Å²) in [6.07, 6.45) is -0.332. The largest absolute Gasteiger partial charge is 0.480 e. The van der Waals surface area contributed by atoms with Crippen molar-refractivity contribution >= 4 is 12.1 Å². The van der Waals surface area contributed by atoms with Gasteiger partial charge in [-0.05, 0) is 27.7 Å². The summed E-state index contributed by atoms with van der Waals surface area (Å²) in [5.74, 6) is -0.843. The number of aliphatic carboxylic acids is 1. The number of hydrogen-bond donors (Lipinski definition) is 1. The number of rotatable bonds is 4. The van der Waals surface area contributed by atoms with Crippen LogP contribution in [0.5, 0.6) is 0 Å². The van der Waals surface area contributed by atoms with Gasteiger partial charge in [0, 0.05) is 44.8 Å². The molecule has 0 spiro atoms. The number of carboxylic acid groups (broad SMARTS) is 1. The van der Waals surface area contributed by atoms with E-state index in [1.54, 1.807) is 4.90 Å². The molecule has 1 amide bonds. The second-order valence-electron chi connectivity index (χ2n) is 7.87. The van der Waals surface area contributed by atoms with Crippen LogP contribution < -0.4 is 0 Å². The zero-order chi connectivity index (χ0) is 18.6. The summed E-state index contributed by atoms with van der Waals surface area (Å²) in [6.45, 7) is 12.2.